The number of nitroso groups, excluding NO2 is 1. The average molecular weight is 412 g/mol. The number of ether oxygens (including phenoxy) is 3. The van der Waals surface area contributed by atoms with E-state index in [-0.39, 0.29) is 11.5 Å². The van der Waals surface area contributed by atoms with Gasteiger partial charge in [0.05, 0.1) is 12.7 Å². The summed E-state index contributed by atoms with van der Waals surface area (Å²) in [7, 11) is 1.70. The molecule has 3 fully saturated rings. The molecule has 162 valence electrons. The lowest BCUT2D eigenvalue weighted by Crippen LogP contribution is -2.68. The van der Waals surface area contributed by atoms with Gasteiger partial charge in [0.25, 0.3) is 0 Å². The van der Waals surface area contributed by atoms with Crippen molar-refractivity contribution in [3.63, 3.8) is 0 Å². The van der Waals surface area contributed by atoms with E-state index in [9.17, 15) is 4.91 Å². The second-order valence-corrected chi connectivity index (χ2v) is 10.7. The first-order chi connectivity index (χ1) is 14.0. The monoisotopic (exact) mass is 411 g/mol. The number of rotatable bonds is 2. The largest absolute Gasteiger partial charge is 0.496 e. The maximum atomic E-state index is 12.7. The molecule has 2 saturated heterocycles. The van der Waals surface area contributed by atoms with E-state index in [0.29, 0.717) is 12.3 Å². The van der Waals surface area contributed by atoms with E-state index < -0.39 is 22.3 Å². The lowest BCUT2D eigenvalue weighted by atomic mass is 9.54. The van der Waals surface area contributed by atoms with Gasteiger partial charge in [-0.1, -0.05) is 44.2 Å². The van der Waals surface area contributed by atoms with Crippen LogP contribution in [0.2, 0.25) is 0 Å². The molecule has 6 atom stereocenters. The summed E-state index contributed by atoms with van der Waals surface area (Å²) in [6.07, 6.45) is 6.55. The molecular weight excluding hydrogens is 378 g/mol. The zero-order chi connectivity index (χ0) is 21.7. The lowest BCUT2D eigenvalue weighted by molar-refractivity contribution is -0.367. The van der Waals surface area contributed by atoms with Crippen LogP contribution >= 0.6 is 0 Å². The van der Waals surface area contributed by atoms with Crippen molar-refractivity contribution in [2.24, 2.45) is 22.4 Å². The first-order valence-corrected chi connectivity index (χ1v) is 11.1. The Balaban J connectivity index is 1.77. The Morgan fingerprint density at radius 1 is 1.13 bits per heavy atom. The standard InChI is InChI=1S/C25H33NO4/c1-15-14-25(29-21(15,4)5)17(3)23(26-27)12-13-24(30-25)19-8-9-20(28-7)16(2)18(19)10-11-22(23,24)6/h8-11,15,17H,12-14H2,1-7H3/t15-,17-,22+,23-,24-,25+/m0/s1. The lowest BCUT2D eigenvalue weighted by Gasteiger charge is -2.61. The molecule has 30 heavy (non-hydrogen) atoms. The highest BCUT2D eigenvalue weighted by molar-refractivity contribution is 5.68. The van der Waals surface area contributed by atoms with Crippen molar-refractivity contribution < 1.29 is 14.2 Å². The summed E-state index contributed by atoms with van der Waals surface area (Å²) in [4.78, 5) is 12.7. The van der Waals surface area contributed by atoms with Gasteiger partial charge in [-0.15, -0.1) is 0 Å². The summed E-state index contributed by atoms with van der Waals surface area (Å²) >= 11 is 0. The van der Waals surface area contributed by atoms with E-state index >= 15 is 0 Å². The third kappa shape index (κ3) is 1.97. The van der Waals surface area contributed by atoms with Crippen molar-refractivity contribution in [2.45, 2.75) is 83.3 Å². The predicted molar refractivity (Wildman–Crippen MR) is 116 cm³/mol. The van der Waals surface area contributed by atoms with E-state index in [1.165, 1.54) is 0 Å². The minimum Gasteiger partial charge on any atom is -0.496 e. The van der Waals surface area contributed by atoms with Gasteiger partial charge in [-0.2, -0.15) is 4.91 Å². The molecule has 1 aromatic rings. The van der Waals surface area contributed by atoms with Gasteiger partial charge in [0.1, 0.15) is 16.9 Å². The highest BCUT2D eigenvalue weighted by Gasteiger charge is 2.79. The zero-order valence-corrected chi connectivity index (χ0v) is 19.2. The van der Waals surface area contributed by atoms with Crippen molar-refractivity contribution in [3.05, 3.63) is 39.8 Å². The number of hydrogen-bond acceptors (Lipinski definition) is 5. The van der Waals surface area contributed by atoms with Gasteiger partial charge in [-0.05, 0) is 62.3 Å². The first-order valence-electron chi connectivity index (χ1n) is 11.1. The molecule has 1 spiro atoms. The number of fused-ring (bicyclic) bond motifs is 1. The minimum atomic E-state index is -0.816. The summed E-state index contributed by atoms with van der Waals surface area (Å²) < 4.78 is 19.5. The second kappa shape index (κ2) is 5.74. The second-order valence-electron chi connectivity index (χ2n) is 10.7. The molecule has 5 heteroatoms. The molecule has 2 aliphatic heterocycles. The van der Waals surface area contributed by atoms with Gasteiger partial charge in [0.15, 0.2) is 5.79 Å². The van der Waals surface area contributed by atoms with Crippen LogP contribution < -0.4 is 4.74 Å². The topological polar surface area (TPSA) is 57.1 Å². The molecule has 2 bridgehead atoms. The Hall–Kier alpha value is -1.72. The molecule has 0 radical (unpaired) electrons. The van der Waals surface area contributed by atoms with Crippen molar-refractivity contribution in [1.29, 1.82) is 0 Å². The van der Waals surface area contributed by atoms with Gasteiger partial charge in [-0.3, -0.25) is 0 Å². The van der Waals surface area contributed by atoms with E-state index in [4.69, 9.17) is 14.2 Å². The average Bonchev–Trinajstić information content (AvgIpc) is 3.05. The molecule has 0 N–H and O–H groups in total. The van der Waals surface area contributed by atoms with Gasteiger partial charge in [0.2, 0.25) is 0 Å². The van der Waals surface area contributed by atoms with Gasteiger partial charge < -0.3 is 14.2 Å². The van der Waals surface area contributed by atoms with E-state index in [1.807, 2.05) is 6.07 Å². The Bertz CT molecular complexity index is 970. The summed E-state index contributed by atoms with van der Waals surface area (Å²) in [6.45, 7) is 12.8. The fraction of sp³-hybridized carbons (Fsp3) is 0.680. The maximum Gasteiger partial charge on any atom is 0.175 e. The van der Waals surface area contributed by atoms with E-state index in [2.05, 4.69) is 64.9 Å². The summed E-state index contributed by atoms with van der Waals surface area (Å²) in [5.74, 6) is 0.225. The van der Waals surface area contributed by atoms with Crippen LogP contribution in [0.15, 0.2) is 23.4 Å². The van der Waals surface area contributed by atoms with Crippen molar-refractivity contribution in [2.75, 3.05) is 7.11 Å². The Labute approximate surface area is 179 Å². The SMILES string of the molecule is COc1ccc2c(c1C)C=C[C@@]1(C)[C@]23CC[C@]1(N=O)[C@H](C)[C@@]1(C[C@H](C)C(C)(C)O1)O3. The third-order valence-electron chi connectivity index (χ3n) is 9.40. The zero-order valence-electron chi connectivity index (χ0n) is 19.2. The number of methoxy groups -OCH3 is 1. The van der Waals surface area contributed by atoms with Gasteiger partial charge in [-0.25, -0.2) is 0 Å². The fourth-order valence-corrected chi connectivity index (χ4v) is 7.11. The molecule has 4 aliphatic rings. The Kier molecular flexibility index (Phi) is 3.87. The number of hydrogen-bond donors (Lipinski definition) is 0. The van der Waals surface area contributed by atoms with Crippen LogP contribution in [0, 0.1) is 29.1 Å². The first kappa shape index (κ1) is 20.2. The van der Waals surface area contributed by atoms with Crippen LogP contribution in [0.3, 0.4) is 0 Å². The molecule has 5 rings (SSSR count). The molecule has 1 saturated carbocycles. The Morgan fingerprint density at radius 2 is 1.87 bits per heavy atom. The molecule has 0 unspecified atom stereocenters. The summed E-state index contributed by atoms with van der Waals surface area (Å²) in [5.41, 5.74) is 1.09. The van der Waals surface area contributed by atoms with Crippen LogP contribution in [-0.2, 0) is 15.1 Å². The van der Waals surface area contributed by atoms with Crippen LogP contribution in [0.1, 0.15) is 70.6 Å². The fourth-order valence-electron chi connectivity index (χ4n) is 7.11. The van der Waals surface area contributed by atoms with Crippen LogP contribution in [0.25, 0.3) is 6.08 Å². The summed E-state index contributed by atoms with van der Waals surface area (Å²) in [6, 6.07) is 4.14. The quantitative estimate of drug-likeness (QED) is 0.583. The molecule has 2 aliphatic carbocycles. The van der Waals surface area contributed by atoms with Gasteiger partial charge >= 0.3 is 0 Å². The summed E-state index contributed by atoms with van der Waals surface area (Å²) in [5, 5.41) is 3.91. The molecule has 0 aromatic heterocycles. The molecule has 0 amide bonds. The number of nitrogens with zero attached hydrogens (tertiary/aromatic N) is 1. The van der Waals surface area contributed by atoms with Crippen molar-refractivity contribution in [3.8, 4) is 5.75 Å². The maximum absolute atomic E-state index is 12.7. The molecule has 2 heterocycles. The molecular formula is C25H33NO4. The van der Waals surface area contributed by atoms with Crippen molar-refractivity contribution >= 4 is 6.08 Å². The highest BCUT2D eigenvalue weighted by Crippen LogP contribution is 2.74. The third-order valence-corrected chi connectivity index (χ3v) is 9.40. The number of benzene rings is 1. The highest BCUT2D eigenvalue weighted by atomic mass is 16.7. The van der Waals surface area contributed by atoms with Crippen LogP contribution in [0.5, 0.6) is 5.75 Å². The normalized spacial score (nSPS) is 45.3. The Morgan fingerprint density at radius 3 is 2.47 bits per heavy atom. The minimum absolute atomic E-state index is 0.141. The predicted octanol–water partition coefficient (Wildman–Crippen LogP) is 5.73. The molecule has 1 aromatic carbocycles. The van der Waals surface area contributed by atoms with Crippen molar-refractivity contribution in [1.82, 2.24) is 0 Å². The van der Waals surface area contributed by atoms with Crippen LogP contribution in [-0.4, -0.2) is 24.0 Å². The van der Waals surface area contributed by atoms with E-state index in [0.717, 1.165) is 35.3 Å². The van der Waals surface area contributed by atoms with E-state index in [1.54, 1.807) is 7.11 Å². The van der Waals surface area contributed by atoms with Crippen LogP contribution in [0.4, 0.5) is 0 Å². The smallest absolute Gasteiger partial charge is 0.175 e. The molecule has 5 nitrogen and oxygen atoms in total. The van der Waals surface area contributed by atoms with Gasteiger partial charge in [0, 0.05) is 17.8 Å².